The number of hydrogen-bond acceptors (Lipinski definition) is 12. The molecule has 0 radical (unpaired) electrons. The molecule has 21 heavy (non-hydrogen) atoms. The van der Waals surface area contributed by atoms with E-state index in [1.807, 2.05) is 0 Å². The van der Waals surface area contributed by atoms with Gasteiger partial charge in [0.15, 0.2) is 12.4 Å². The average molecular weight is 301 g/mol. The highest BCUT2D eigenvalue weighted by molar-refractivity contribution is 5.97. The molecule has 0 aromatic heterocycles. The molecule has 0 aliphatic carbocycles. The molecule has 5 atom stereocenters. The first-order valence-corrected chi connectivity index (χ1v) is 5.64. The van der Waals surface area contributed by atoms with Crippen LogP contribution in [0.4, 0.5) is 0 Å². The van der Waals surface area contributed by atoms with E-state index in [4.69, 9.17) is 4.74 Å². The number of aliphatic hydroxyl groups excluding tert-OH is 4. The van der Waals surface area contributed by atoms with Crippen molar-refractivity contribution in [1.29, 1.82) is 0 Å². The summed E-state index contributed by atoms with van der Waals surface area (Å²) >= 11 is 0. The summed E-state index contributed by atoms with van der Waals surface area (Å²) in [4.78, 5) is 11.8. The van der Waals surface area contributed by atoms with E-state index in [1.165, 1.54) is 0 Å². The van der Waals surface area contributed by atoms with Gasteiger partial charge in [-0.1, -0.05) is 5.10 Å². The zero-order valence-electron chi connectivity index (χ0n) is 10.3. The molecule has 2 aliphatic rings. The largest absolute Gasteiger partial charge is 0.404 e. The van der Waals surface area contributed by atoms with Crippen LogP contribution in [-0.2, 0) is 14.3 Å². The van der Waals surface area contributed by atoms with Crippen LogP contribution in [0.1, 0.15) is 0 Å². The SMILES string of the molecule is O=C(OC1=NN=NN=NC=C1)[C@H]1O[C@@H](O)[C@H](O)[C@@H](O)[C@@H]1O. The van der Waals surface area contributed by atoms with Crippen molar-refractivity contribution in [2.45, 2.75) is 30.7 Å². The zero-order chi connectivity index (χ0) is 15.4. The molecule has 2 aliphatic heterocycles. The smallest absolute Gasteiger partial charge is 0.345 e. The molecule has 1 fully saturated rings. The van der Waals surface area contributed by atoms with Crippen LogP contribution < -0.4 is 0 Å². The predicted molar refractivity (Wildman–Crippen MR) is 61.3 cm³/mol. The van der Waals surface area contributed by atoms with Crippen LogP contribution in [0.25, 0.3) is 0 Å². The molecule has 0 saturated carbocycles. The minimum Gasteiger partial charge on any atom is -0.404 e. The third-order valence-electron chi connectivity index (χ3n) is 2.58. The van der Waals surface area contributed by atoms with Gasteiger partial charge >= 0.3 is 5.97 Å². The normalized spacial score (nSPS) is 35.8. The molecule has 0 aromatic rings. The molecule has 1 saturated heterocycles. The standard InChI is InChI=1S/C9H11N5O7/c15-4-5(16)7(21-8(18)6(4)17)9(19)20-3-1-2-10-12-14-13-11-3/h1-2,4-8,15-18H/t4-,5-,6+,7-,8+/m0/s1. The van der Waals surface area contributed by atoms with Crippen molar-refractivity contribution in [2.24, 2.45) is 25.9 Å². The summed E-state index contributed by atoms with van der Waals surface area (Å²) in [5, 5.41) is 53.9. The molecule has 0 amide bonds. The number of aliphatic hydroxyl groups is 4. The monoisotopic (exact) mass is 301 g/mol. The van der Waals surface area contributed by atoms with Gasteiger partial charge in [0.2, 0.25) is 5.90 Å². The second-order valence-corrected chi connectivity index (χ2v) is 3.98. The molecular formula is C9H11N5O7. The van der Waals surface area contributed by atoms with Gasteiger partial charge in [-0.15, -0.1) is 5.11 Å². The Morgan fingerprint density at radius 2 is 1.86 bits per heavy atom. The fourth-order valence-corrected chi connectivity index (χ4v) is 1.54. The van der Waals surface area contributed by atoms with E-state index in [9.17, 15) is 25.2 Å². The molecule has 0 spiro atoms. The summed E-state index contributed by atoms with van der Waals surface area (Å²) in [6.07, 6.45) is -6.66. The molecule has 0 bridgehead atoms. The summed E-state index contributed by atoms with van der Waals surface area (Å²) in [7, 11) is 0. The van der Waals surface area contributed by atoms with Gasteiger partial charge in [-0.25, -0.2) is 4.79 Å². The lowest BCUT2D eigenvalue weighted by molar-refractivity contribution is -0.279. The summed E-state index contributed by atoms with van der Waals surface area (Å²) in [6, 6.07) is 0. The van der Waals surface area contributed by atoms with Crippen molar-refractivity contribution < 1.29 is 34.7 Å². The molecule has 2 heterocycles. The van der Waals surface area contributed by atoms with E-state index >= 15 is 0 Å². The second kappa shape index (κ2) is 6.55. The van der Waals surface area contributed by atoms with Gasteiger partial charge in [0.1, 0.15) is 18.3 Å². The van der Waals surface area contributed by atoms with Crippen LogP contribution in [0.15, 0.2) is 38.2 Å². The van der Waals surface area contributed by atoms with E-state index in [2.05, 4.69) is 30.6 Å². The molecule has 4 N–H and O–H groups in total. The maximum Gasteiger partial charge on any atom is 0.345 e. The highest BCUT2D eigenvalue weighted by Crippen LogP contribution is 2.21. The molecule has 114 valence electrons. The predicted octanol–water partition coefficient (Wildman–Crippen LogP) is -2.01. The Balaban J connectivity index is 2.06. The third kappa shape index (κ3) is 3.50. The Hall–Kier alpha value is -2.12. The summed E-state index contributed by atoms with van der Waals surface area (Å²) in [5.41, 5.74) is 0. The van der Waals surface area contributed by atoms with Gasteiger partial charge in [0, 0.05) is 6.08 Å². The fourth-order valence-electron chi connectivity index (χ4n) is 1.54. The van der Waals surface area contributed by atoms with E-state index in [1.54, 1.807) is 0 Å². The number of rotatable bonds is 1. The average Bonchev–Trinajstić information content (AvgIpc) is 2.43. The maximum atomic E-state index is 11.8. The molecule has 12 heteroatoms. The molecule has 12 nitrogen and oxygen atoms in total. The second-order valence-electron chi connectivity index (χ2n) is 3.98. The fraction of sp³-hybridized carbons (Fsp3) is 0.556. The number of hydrogen-bond donors (Lipinski definition) is 4. The molecule has 0 unspecified atom stereocenters. The van der Waals surface area contributed by atoms with Crippen LogP contribution in [0, 0.1) is 0 Å². The van der Waals surface area contributed by atoms with Crippen molar-refractivity contribution in [1.82, 2.24) is 0 Å². The van der Waals surface area contributed by atoms with Crippen LogP contribution in [0.2, 0.25) is 0 Å². The Morgan fingerprint density at radius 3 is 2.62 bits per heavy atom. The molecule has 2 rings (SSSR count). The van der Waals surface area contributed by atoms with Gasteiger partial charge in [0.25, 0.3) is 0 Å². The van der Waals surface area contributed by atoms with E-state index in [0.29, 0.717) is 0 Å². The van der Waals surface area contributed by atoms with Crippen LogP contribution in [0.5, 0.6) is 0 Å². The van der Waals surface area contributed by atoms with Crippen molar-refractivity contribution in [3.05, 3.63) is 12.3 Å². The Labute approximate surface area is 116 Å². The molecular weight excluding hydrogens is 290 g/mol. The summed E-state index contributed by atoms with van der Waals surface area (Å²) < 4.78 is 9.44. The number of esters is 1. The van der Waals surface area contributed by atoms with Crippen molar-refractivity contribution >= 4 is 11.9 Å². The lowest BCUT2D eigenvalue weighted by Gasteiger charge is -2.36. The Bertz CT molecular complexity index is 519. The van der Waals surface area contributed by atoms with E-state index in [0.717, 1.165) is 12.3 Å². The highest BCUT2D eigenvalue weighted by Gasteiger charge is 2.47. The van der Waals surface area contributed by atoms with Gasteiger partial charge in [-0.3, -0.25) is 0 Å². The first-order chi connectivity index (χ1) is 10.0. The number of carbonyl (C=O) groups excluding carboxylic acids is 1. The van der Waals surface area contributed by atoms with Crippen molar-refractivity contribution in [2.75, 3.05) is 0 Å². The van der Waals surface area contributed by atoms with Gasteiger partial charge in [0.05, 0.1) is 6.20 Å². The third-order valence-corrected chi connectivity index (χ3v) is 2.58. The lowest BCUT2D eigenvalue weighted by Crippen LogP contribution is -2.60. The van der Waals surface area contributed by atoms with Gasteiger partial charge in [-0.05, 0) is 15.7 Å². The summed E-state index contributed by atoms with van der Waals surface area (Å²) in [6.45, 7) is 0. The van der Waals surface area contributed by atoms with Crippen LogP contribution in [0.3, 0.4) is 0 Å². The van der Waals surface area contributed by atoms with Gasteiger partial charge in [-0.2, -0.15) is 0 Å². The Kier molecular flexibility index (Phi) is 4.77. The number of carbonyl (C=O) groups is 1. The van der Waals surface area contributed by atoms with E-state index in [-0.39, 0.29) is 5.90 Å². The Morgan fingerprint density at radius 1 is 1.10 bits per heavy atom. The summed E-state index contributed by atoms with van der Waals surface area (Å²) in [5.74, 6) is -1.49. The van der Waals surface area contributed by atoms with Crippen molar-refractivity contribution in [3.8, 4) is 0 Å². The van der Waals surface area contributed by atoms with Crippen LogP contribution >= 0.6 is 0 Å². The minimum atomic E-state index is -1.86. The number of nitrogens with zero attached hydrogens (tertiary/aromatic N) is 5. The first kappa shape index (κ1) is 15.3. The maximum absolute atomic E-state index is 11.8. The first-order valence-electron chi connectivity index (χ1n) is 5.64. The number of ether oxygens (including phenoxy) is 2. The quantitative estimate of drug-likeness (QED) is 0.404. The topological polar surface area (TPSA) is 178 Å². The lowest BCUT2D eigenvalue weighted by atomic mass is 9.99. The minimum absolute atomic E-state index is 0.326. The molecule has 0 aromatic carbocycles. The van der Waals surface area contributed by atoms with Crippen molar-refractivity contribution in [3.63, 3.8) is 0 Å². The van der Waals surface area contributed by atoms with E-state index < -0.39 is 36.7 Å². The zero-order valence-corrected chi connectivity index (χ0v) is 10.3. The van der Waals surface area contributed by atoms with Gasteiger partial charge < -0.3 is 29.9 Å². The van der Waals surface area contributed by atoms with Crippen LogP contribution in [-0.4, -0.2) is 63.0 Å². The highest BCUT2D eigenvalue weighted by atomic mass is 16.7.